The van der Waals surface area contributed by atoms with Crippen LogP contribution in [0.1, 0.15) is 5.56 Å². The van der Waals surface area contributed by atoms with Crippen LogP contribution in [-0.4, -0.2) is 41.6 Å². The van der Waals surface area contributed by atoms with Crippen LogP contribution in [0.2, 0.25) is 0 Å². The van der Waals surface area contributed by atoms with Gasteiger partial charge in [0.1, 0.15) is 11.1 Å². The van der Waals surface area contributed by atoms with Crippen molar-refractivity contribution in [3.63, 3.8) is 0 Å². The van der Waals surface area contributed by atoms with E-state index in [2.05, 4.69) is 15.9 Å². The van der Waals surface area contributed by atoms with E-state index in [-0.39, 0.29) is 12.0 Å². The van der Waals surface area contributed by atoms with Crippen LogP contribution >= 0.6 is 28.1 Å². The first kappa shape index (κ1) is 14.4. The van der Waals surface area contributed by atoms with E-state index >= 15 is 0 Å². The molecule has 1 atom stereocenters. The number of morpholine rings is 1. The lowest BCUT2D eigenvalue weighted by Gasteiger charge is -2.32. The zero-order valence-electron chi connectivity index (χ0n) is 10.3. The summed E-state index contributed by atoms with van der Waals surface area (Å²) in [6.07, 6.45) is 0.0546. The van der Waals surface area contributed by atoms with E-state index in [1.165, 1.54) is 0 Å². The highest BCUT2D eigenvalue weighted by atomic mass is 79.9. The molecular weight excluding hydrogens is 328 g/mol. The van der Waals surface area contributed by atoms with Crippen molar-refractivity contribution in [2.45, 2.75) is 12.5 Å². The molecule has 1 aromatic rings. The summed E-state index contributed by atoms with van der Waals surface area (Å²) in [5, 5.41) is 0. The molecule has 1 aliphatic rings. The normalized spacial score (nSPS) is 19.2. The molecular formula is C13H15BrN2O2S. The van der Waals surface area contributed by atoms with Crippen LogP contribution in [0.3, 0.4) is 0 Å². The third kappa shape index (κ3) is 3.99. The predicted molar refractivity (Wildman–Crippen MR) is 81.0 cm³/mol. The molecule has 102 valence electrons. The maximum absolute atomic E-state index is 12.2. The molecule has 1 aliphatic heterocycles. The second-order valence-corrected chi connectivity index (χ2v) is 5.80. The van der Waals surface area contributed by atoms with E-state index in [4.69, 9.17) is 22.7 Å². The molecule has 2 rings (SSSR count). The Hall–Kier alpha value is -0.980. The smallest absolute Gasteiger partial charge is 0.227 e. The van der Waals surface area contributed by atoms with Crippen LogP contribution in [-0.2, 0) is 16.0 Å². The summed E-state index contributed by atoms with van der Waals surface area (Å²) in [5.41, 5.74) is 6.55. The zero-order valence-corrected chi connectivity index (χ0v) is 12.7. The Balaban J connectivity index is 1.98. The van der Waals surface area contributed by atoms with E-state index in [0.717, 1.165) is 10.0 Å². The molecule has 1 fully saturated rings. The zero-order chi connectivity index (χ0) is 13.8. The Bertz CT molecular complexity index is 495. The van der Waals surface area contributed by atoms with Gasteiger partial charge in [0.25, 0.3) is 0 Å². The number of hydrogen-bond acceptors (Lipinski definition) is 3. The second kappa shape index (κ2) is 6.45. The average molecular weight is 343 g/mol. The number of hydrogen-bond donors (Lipinski definition) is 1. The number of benzene rings is 1. The topological polar surface area (TPSA) is 55.6 Å². The number of halogens is 1. The van der Waals surface area contributed by atoms with Gasteiger partial charge in [0.2, 0.25) is 5.91 Å². The molecule has 1 amide bonds. The number of nitrogens with two attached hydrogens (primary N) is 1. The van der Waals surface area contributed by atoms with Gasteiger partial charge in [-0.25, -0.2) is 0 Å². The standard InChI is InChI=1S/C13H15BrN2O2S/c14-10-3-1-2-9(6-10)7-12(17)16-4-5-18-11(8-16)13(15)19/h1-3,6,11H,4-5,7-8H2,(H2,15,19). The van der Waals surface area contributed by atoms with Gasteiger partial charge in [0, 0.05) is 11.0 Å². The predicted octanol–water partition coefficient (Wildman–Crippen LogP) is 1.51. The summed E-state index contributed by atoms with van der Waals surface area (Å²) in [4.78, 5) is 14.3. The third-order valence-corrected chi connectivity index (χ3v) is 3.74. The number of carbonyl (C=O) groups is 1. The van der Waals surface area contributed by atoms with Crippen molar-refractivity contribution in [3.05, 3.63) is 34.3 Å². The van der Waals surface area contributed by atoms with E-state index < -0.39 is 0 Å². The fourth-order valence-corrected chi connectivity index (χ4v) is 2.57. The summed E-state index contributed by atoms with van der Waals surface area (Å²) < 4.78 is 6.39. The van der Waals surface area contributed by atoms with Gasteiger partial charge in [-0.3, -0.25) is 4.79 Å². The van der Waals surface area contributed by atoms with Crippen LogP contribution in [0.15, 0.2) is 28.7 Å². The number of thiocarbonyl (C=S) groups is 1. The Morgan fingerprint density at radius 2 is 2.37 bits per heavy atom. The van der Waals surface area contributed by atoms with Gasteiger partial charge < -0.3 is 15.4 Å². The lowest BCUT2D eigenvalue weighted by molar-refractivity contribution is -0.135. The van der Waals surface area contributed by atoms with E-state index in [9.17, 15) is 4.79 Å². The molecule has 4 nitrogen and oxygen atoms in total. The second-order valence-electron chi connectivity index (χ2n) is 4.41. The van der Waals surface area contributed by atoms with Crippen molar-refractivity contribution < 1.29 is 9.53 Å². The van der Waals surface area contributed by atoms with Crippen molar-refractivity contribution in [3.8, 4) is 0 Å². The summed E-state index contributed by atoms with van der Waals surface area (Å²) >= 11 is 8.31. The summed E-state index contributed by atoms with van der Waals surface area (Å²) in [7, 11) is 0. The first-order chi connectivity index (χ1) is 9.06. The molecule has 1 aromatic carbocycles. The maximum atomic E-state index is 12.2. The lowest BCUT2D eigenvalue weighted by atomic mass is 10.1. The summed E-state index contributed by atoms with van der Waals surface area (Å²) in [6.45, 7) is 1.51. The Labute approximate surface area is 126 Å². The number of nitrogens with zero attached hydrogens (tertiary/aromatic N) is 1. The van der Waals surface area contributed by atoms with Crippen molar-refractivity contribution >= 4 is 39.0 Å². The van der Waals surface area contributed by atoms with E-state index in [1.807, 2.05) is 24.3 Å². The summed E-state index contributed by atoms with van der Waals surface area (Å²) in [6, 6.07) is 7.74. The van der Waals surface area contributed by atoms with Crippen LogP contribution in [0.5, 0.6) is 0 Å². The van der Waals surface area contributed by atoms with Crippen LogP contribution in [0.4, 0.5) is 0 Å². The maximum Gasteiger partial charge on any atom is 0.227 e. The Kier molecular flexibility index (Phi) is 4.90. The van der Waals surface area contributed by atoms with Crippen molar-refractivity contribution in [1.82, 2.24) is 4.90 Å². The molecule has 19 heavy (non-hydrogen) atoms. The number of amides is 1. The fourth-order valence-electron chi connectivity index (χ4n) is 1.98. The van der Waals surface area contributed by atoms with Gasteiger partial charge in [-0.15, -0.1) is 0 Å². The minimum absolute atomic E-state index is 0.0719. The first-order valence-corrected chi connectivity index (χ1v) is 7.19. The molecule has 1 unspecified atom stereocenters. The van der Waals surface area contributed by atoms with Gasteiger partial charge in [-0.05, 0) is 17.7 Å². The van der Waals surface area contributed by atoms with Crippen LogP contribution < -0.4 is 5.73 Å². The van der Waals surface area contributed by atoms with Gasteiger partial charge in [-0.2, -0.15) is 0 Å². The van der Waals surface area contributed by atoms with Gasteiger partial charge in [-0.1, -0.05) is 40.3 Å². The SMILES string of the molecule is NC(=S)C1CN(C(=O)Cc2cccc(Br)c2)CCO1. The van der Waals surface area contributed by atoms with E-state index in [0.29, 0.717) is 31.1 Å². The molecule has 0 aromatic heterocycles. The summed E-state index contributed by atoms with van der Waals surface area (Å²) in [5.74, 6) is 0.0719. The highest BCUT2D eigenvalue weighted by Crippen LogP contribution is 2.14. The van der Waals surface area contributed by atoms with Crippen LogP contribution in [0.25, 0.3) is 0 Å². The molecule has 0 spiro atoms. The molecule has 0 aliphatic carbocycles. The molecule has 1 heterocycles. The molecule has 0 bridgehead atoms. The molecule has 0 saturated carbocycles. The first-order valence-electron chi connectivity index (χ1n) is 5.99. The molecule has 0 radical (unpaired) electrons. The molecule has 6 heteroatoms. The highest BCUT2D eigenvalue weighted by Gasteiger charge is 2.25. The van der Waals surface area contributed by atoms with Crippen molar-refractivity contribution in [2.24, 2.45) is 5.73 Å². The molecule has 2 N–H and O–H groups in total. The average Bonchev–Trinajstić information content (AvgIpc) is 2.39. The number of carbonyl (C=O) groups excluding carboxylic acids is 1. The number of rotatable bonds is 3. The quantitative estimate of drug-likeness (QED) is 0.846. The van der Waals surface area contributed by atoms with Gasteiger partial charge >= 0.3 is 0 Å². The van der Waals surface area contributed by atoms with Crippen molar-refractivity contribution in [2.75, 3.05) is 19.7 Å². The minimum atomic E-state index is -0.324. The van der Waals surface area contributed by atoms with Gasteiger partial charge in [0.05, 0.1) is 19.6 Å². The largest absolute Gasteiger partial charge is 0.391 e. The Morgan fingerprint density at radius 1 is 1.58 bits per heavy atom. The number of ether oxygens (including phenoxy) is 1. The Morgan fingerprint density at radius 3 is 3.05 bits per heavy atom. The van der Waals surface area contributed by atoms with Crippen molar-refractivity contribution in [1.29, 1.82) is 0 Å². The van der Waals surface area contributed by atoms with Crippen LogP contribution in [0, 0.1) is 0 Å². The molecule has 1 saturated heterocycles. The van der Waals surface area contributed by atoms with E-state index in [1.54, 1.807) is 4.90 Å². The third-order valence-electron chi connectivity index (χ3n) is 2.98. The monoisotopic (exact) mass is 342 g/mol. The lowest BCUT2D eigenvalue weighted by Crippen LogP contribution is -2.50. The highest BCUT2D eigenvalue weighted by molar-refractivity contribution is 9.10. The minimum Gasteiger partial charge on any atom is -0.391 e. The fraction of sp³-hybridized carbons (Fsp3) is 0.385. The van der Waals surface area contributed by atoms with Gasteiger partial charge in [0.15, 0.2) is 0 Å².